The van der Waals surface area contributed by atoms with Gasteiger partial charge in [-0.15, -0.1) is 12.4 Å². The summed E-state index contributed by atoms with van der Waals surface area (Å²) in [6.07, 6.45) is 0. The van der Waals surface area contributed by atoms with E-state index < -0.39 is 11.5 Å². The van der Waals surface area contributed by atoms with Crippen molar-refractivity contribution in [3.05, 3.63) is 30.3 Å². The molecule has 4 heteroatoms. The van der Waals surface area contributed by atoms with Crippen molar-refractivity contribution in [1.29, 1.82) is 0 Å². The minimum absolute atomic E-state index is 0. The first-order valence-electron chi connectivity index (χ1n) is 4.90. The second kappa shape index (κ2) is 5.03. The molecule has 1 aromatic carbocycles. The molecular weight excluding hydrogens is 214 g/mol. The van der Waals surface area contributed by atoms with Crippen LogP contribution in [0.2, 0.25) is 0 Å². The standard InChI is InChI=1S/C11H15NO2.ClH/c1-11(2,10(13)14)12(3)9-7-5-4-6-8-9;/h4-8H,1-3H3,(H,13,14);1H/i7D;. The molecule has 3 nitrogen and oxygen atoms in total. The quantitative estimate of drug-likeness (QED) is 0.867. The fraction of sp³-hybridized carbons (Fsp3) is 0.364. The number of hydrogen-bond donors (Lipinski definition) is 1. The van der Waals surface area contributed by atoms with Gasteiger partial charge in [-0.1, -0.05) is 18.2 Å². The van der Waals surface area contributed by atoms with Crippen molar-refractivity contribution in [2.75, 3.05) is 11.9 Å². The van der Waals surface area contributed by atoms with Gasteiger partial charge in [-0.05, 0) is 26.0 Å². The number of carbonyl (C=O) groups is 1. The lowest BCUT2D eigenvalue weighted by atomic mass is 10.0. The summed E-state index contributed by atoms with van der Waals surface area (Å²) >= 11 is 0. The fourth-order valence-electron chi connectivity index (χ4n) is 1.04. The van der Waals surface area contributed by atoms with E-state index in [2.05, 4.69) is 0 Å². The first-order chi connectivity index (χ1) is 6.87. The normalized spacial score (nSPS) is 11.3. The minimum atomic E-state index is -1.02. The Balaban J connectivity index is 0.00000225. The Hall–Kier alpha value is -1.22. The summed E-state index contributed by atoms with van der Waals surface area (Å²) in [7, 11) is 1.68. The van der Waals surface area contributed by atoms with Gasteiger partial charge in [0.2, 0.25) is 0 Å². The van der Waals surface area contributed by atoms with Gasteiger partial charge in [0.05, 0.1) is 1.37 Å². The highest BCUT2D eigenvalue weighted by Gasteiger charge is 2.31. The van der Waals surface area contributed by atoms with Crippen molar-refractivity contribution in [2.24, 2.45) is 0 Å². The molecule has 0 bridgehead atoms. The number of para-hydroxylation sites is 1. The Kier molecular flexibility index (Phi) is 3.97. The van der Waals surface area contributed by atoms with Gasteiger partial charge in [-0.25, -0.2) is 4.79 Å². The van der Waals surface area contributed by atoms with Gasteiger partial charge in [0.1, 0.15) is 5.54 Å². The lowest BCUT2D eigenvalue weighted by Crippen LogP contribution is -2.48. The van der Waals surface area contributed by atoms with Crippen LogP contribution in [0.25, 0.3) is 0 Å². The van der Waals surface area contributed by atoms with Crippen LogP contribution in [-0.4, -0.2) is 23.7 Å². The predicted octanol–water partition coefficient (Wildman–Crippen LogP) is 2.41. The number of carboxylic acid groups (broad SMARTS) is 1. The SMILES string of the molecule is Cl.[2H]c1ccccc1N(C)C(C)(C)C(=O)O. The van der Waals surface area contributed by atoms with E-state index in [1.54, 1.807) is 50.1 Å². The Morgan fingerprint density at radius 3 is 2.53 bits per heavy atom. The van der Waals surface area contributed by atoms with Gasteiger partial charge < -0.3 is 10.0 Å². The van der Waals surface area contributed by atoms with E-state index in [9.17, 15) is 4.79 Å². The third-order valence-electron chi connectivity index (χ3n) is 2.42. The molecule has 1 aromatic rings. The van der Waals surface area contributed by atoms with Crippen LogP contribution in [0.3, 0.4) is 0 Å². The van der Waals surface area contributed by atoms with Crippen molar-refractivity contribution in [1.82, 2.24) is 0 Å². The van der Waals surface area contributed by atoms with Gasteiger partial charge in [-0.3, -0.25) is 0 Å². The largest absolute Gasteiger partial charge is 0.480 e. The van der Waals surface area contributed by atoms with Crippen LogP contribution < -0.4 is 4.90 Å². The molecule has 1 rings (SSSR count). The number of carboxylic acids is 1. The third kappa shape index (κ3) is 2.86. The van der Waals surface area contributed by atoms with E-state index in [1.165, 1.54) is 0 Å². The summed E-state index contributed by atoms with van der Waals surface area (Å²) in [5.74, 6) is -0.909. The molecule has 0 aromatic heterocycles. The second-order valence-electron chi connectivity index (χ2n) is 3.67. The number of nitrogens with zero attached hydrogens (tertiary/aromatic N) is 1. The van der Waals surface area contributed by atoms with Crippen molar-refractivity contribution in [2.45, 2.75) is 19.4 Å². The fourth-order valence-corrected chi connectivity index (χ4v) is 1.04. The average molecular weight is 231 g/mol. The molecule has 0 amide bonds. The smallest absolute Gasteiger partial charge is 0.328 e. The van der Waals surface area contributed by atoms with E-state index >= 15 is 0 Å². The summed E-state index contributed by atoms with van der Waals surface area (Å²) in [5, 5.41) is 9.06. The monoisotopic (exact) mass is 230 g/mol. The molecule has 0 aliphatic carbocycles. The molecule has 15 heavy (non-hydrogen) atoms. The zero-order chi connectivity index (χ0) is 11.6. The molecule has 0 atom stereocenters. The van der Waals surface area contributed by atoms with Gasteiger partial charge in [-0.2, -0.15) is 0 Å². The summed E-state index contributed by atoms with van der Waals surface area (Å²) in [6.45, 7) is 3.23. The van der Waals surface area contributed by atoms with Crippen LogP contribution in [0.5, 0.6) is 0 Å². The molecule has 0 saturated heterocycles. The molecule has 1 N–H and O–H groups in total. The highest BCUT2D eigenvalue weighted by Crippen LogP contribution is 2.21. The molecule has 0 fully saturated rings. The molecule has 0 heterocycles. The van der Waals surface area contributed by atoms with Crippen LogP contribution in [0, 0.1) is 0 Å². The molecule has 84 valence electrons. The molecule has 0 spiro atoms. The lowest BCUT2D eigenvalue weighted by Gasteiger charge is -2.33. The number of hydrogen-bond acceptors (Lipinski definition) is 2. The van der Waals surface area contributed by atoms with Gasteiger partial charge in [0.15, 0.2) is 0 Å². The van der Waals surface area contributed by atoms with E-state index in [1.807, 2.05) is 0 Å². The van der Waals surface area contributed by atoms with Gasteiger partial charge >= 0.3 is 5.97 Å². The number of likely N-dealkylation sites (N-methyl/N-ethyl adjacent to an activating group) is 1. The Morgan fingerprint density at radius 2 is 2.07 bits per heavy atom. The lowest BCUT2D eigenvalue weighted by molar-refractivity contribution is -0.142. The Morgan fingerprint density at radius 1 is 1.47 bits per heavy atom. The highest BCUT2D eigenvalue weighted by molar-refractivity contribution is 5.85. The average Bonchev–Trinajstić information content (AvgIpc) is 2.17. The number of halogens is 1. The maximum absolute atomic E-state index is 11.0. The van der Waals surface area contributed by atoms with Crippen LogP contribution in [0.1, 0.15) is 15.2 Å². The van der Waals surface area contributed by atoms with Crippen LogP contribution in [0.4, 0.5) is 5.69 Å². The number of rotatable bonds is 3. The molecular formula is C11H16ClNO2. The van der Waals surface area contributed by atoms with E-state index in [-0.39, 0.29) is 12.4 Å². The number of benzene rings is 1. The summed E-state index contributed by atoms with van der Waals surface area (Å²) < 4.78 is 7.69. The molecule has 0 saturated carbocycles. The van der Waals surface area contributed by atoms with Crippen molar-refractivity contribution in [3.63, 3.8) is 0 Å². The molecule has 0 aliphatic rings. The van der Waals surface area contributed by atoms with Crippen molar-refractivity contribution < 1.29 is 11.3 Å². The van der Waals surface area contributed by atoms with Crippen LogP contribution >= 0.6 is 12.4 Å². The molecule has 0 aliphatic heterocycles. The zero-order valence-corrected chi connectivity index (χ0v) is 9.84. The summed E-state index contributed by atoms with van der Waals surface area (Å²) in [6, 6.07) is 7.26. The van der Waals surface area contributed by atoms with Gasteiger partial charge in [0.25, 0.3) is 0 Å². The van der Waals surface area contributed by atoms with E-state index in [4.69, 9.17) is 6.48 Å². The molecule has 0 radical (unpaired) electrons. The molecule has 0 unspecified atom stereocenters. The van der Waals surface area contributed by atoms with Crippen LogP contribution in [-0.2, 0) is 4.79 Å². The van der Waals surface area contributed by atoms with Gasteiger partial charge in [0, 0.05) is 12.7 Å². The maximum Gasteiger partial charge on any atom is 0.328 e. The second-order valence-corrected chi connectivity index (χ2v) is 3.67. The number of aliphatic carboxylic acids is 1. The predicted molar refractivity (Wildman–Crippen MR) is 63.8 cm³/mol. The first kappa shape index (κ1) is 11.9. The number of anilines is 1. The van der Waals surface area contributed by atoms with Crippen LogP contribution in [0.15, 0.2) is 30.3 Å². The summed E-state index contributed by atoms with van der Waals surface area (Å²) in [4.78, 5) is 12.6. The van der Waals surface area contributed by atoms with Crippen molar-refractivity contribution in [3.8, 4) is 0 Å². The van der Waals surface area contributed by atoms with Crippen molar-refractivity contribution >= 4 is 24.1 Å². The topological polar surface area (TPSA) is 40.5 Å². The first-order valence-corrected chi connectivity index (χ1v) is 4.40. The maximum atomic E-state index is 11.0. The Labute approximate surface area is 97.5 Å². The zero-order valence-electron chi connectivity index (χ0n) is 10.0. The highest BCUT2D eigenvalue weighted by atomic mass is 35.5. The van der Waals surface area contributed by atoms with E-state index in [0.29, 0.717) is 11.7 Å². The third-order valence-corrected chi connectivity index (χ3v) is 2.42. The van der Waals surface area contributed by atoms with E-state index in [0.717, 1.165) is 0 Å². The Bertz CT molecular complexity index is 382. The minimum Gasteiger partial charge on any atom is -0.480 e. The summed E-state index contributed by atoms with van der Waals surface area (Å²) in [5.41, 5.74) is -0.401.